The molecule has 0 saturated heterocycles. The Morgan fingerprint density at radius 3 is 2.38 bits per heavy atom. The average molecular weight is 312 g/mol. The summed E-state index contributed by atoms with van der Waals surface area (Å²) < 4.78 is 5.05. The molecule has 116 valence electrons. The van der Waals surface area contributed by atoms with Crippen LogP contribution >= 0.6 is 11.3 Å². The minimum Gasteiger partial charge on any atom is -0.448 e. The number of hydrogen-bond donors (Lipinski definition) is 2. The maximum atomic E-state index is 11.9. The van der Waals surface area contributed by atoms with Gasteiger partial charge in [0.1, 0.15) is 4.88 Å². The van der Waals surface area contributed by atoms with Crippen molar-refractivity contribution in [3.8, 4) is 0 Å². The first-order valence-corrected chi connectivity index (χ1v) is 7.36. The highest BCUT2D eigenvalue weighted by atomic mass is 32.1. The predicted molar refractivity (Wildman–Crippen MR) is 80.4 cm³/mol. The highest BCUT2D eigenvalue weighted by molar-refractivity contribution is 7.12. The highest BCUT2D eigenvalue weighted by Crippen LogP contribution is 2.17. The molecule has 1 unspecified atom stereocenters. The third-order valence-corrected chi connectivity index (χ3v) is 3.42. The van der Waals surface area contributed by atoms with Crippen molar-refractivity contribution >= 4 is 29.2 Å². The fraction of sp³-hybridized carbons (Fsp3) is 0.500. The number of urea groups is 1. The van der Waals surface area contributed by atoms with Crippen LogP contribution in [0.25, 0.3) is 0 Å². The van der Waals surface area contributed by atoms with E-state index in [1.807, 2.05) is 0 Å². The number of hydrogen-bond acceptors (Lipinski definition) is 5. The number of carbonyl (C=O) groups excluding carboxylic acids is 3. The van der Waals surface area contributed by atoms with Gasteiger partial charge in [-0.1, -0.05) is 0 Å². The number of rotatable bonds is 3. The average Bonchev–Trinajstić information content (AvgIpc) is 2.72. The molecule has 1 rings (SSSR count). The number of thiophene rings is 1. The minimum atomic E-state index is -1.05. The first-order valence-electron chi connectivity index (χ1n) is 6.48. The van der Waals surface area contributed by atoms with Crippen molar-refractivity contribution in [2.45, 2.75) is 46.3 Å². The number of ether oxygens (including phenoxy) is 1. The number of aryl methyl sites for hydroxylation is 1. The van der Waals surface area contributed by atoms with Crippen molar-refractivity contribution in [2.24, 2.45) is 0 Å². The minimum absolute atomic E-state index is 0.453. The Kier molecular flexibility index (Phi) is 5.48. The van der Waals surface area contributed by atoms with Crippen molar-refractivity contribution in [1.29, 1.82) is 0 Å². The van der Waals surface area contributed by atoms with E-state index in [-0.39, 0.29) is 0 Å². The van der Waals surface area contributed by atoms with Gasteiger partial charge in [-0.3, -0.25) is 10.1 Å². The molecule has 0 fully saturated rings. The van der Waals surface area contributed by atoms with Crippen molar-refractivity contribution < 1.29 is 19.1 Å². The molecule has 0 aliphatic carbocycles. The summed E-state index contributed by atoms with van der Waals surface area (Å²) >= 11 is 1.25. The van der Waals surface area contributed by atoms with E-state index in [9.17, 15) is 14.4 Å². The van der Waals surface area contributed by atoms with Crippen LogP contribution in [0.1, 0.15) is 42.9 Å². The Balaban J connectivity index is 2.54. The second-order valence-electron chi connectivity index (χ2n) is 5.67. The lowest BCUT2D eigenvalue weighted by Gasteiger charge is -2.21. The summed E-state index contributed by atoms with van der Waals surface area (Å²) in [6.07, 6.45) is -1.05. The molecule has 0 aliphatic rings. The number of carbonyl (C=O) groups is 3. The van der Waals surface area contributed by atoms with Crippen LogP contribution in [0.4, 0.5) is 4.79 Å². The largest absolute Gasteiger partial charge is 0.448 e. The Morgan fingerprint density at radius 1 is 1.29 bits per heavy atom. The third kappa shape index (κ3) is 5.55. The van der Waals surface area contributed by atoms with Crippen molar-refractivity contribution in [3.05, 3.63) is 21.9 Å². The Bertz CT molecular complexity index is 545. The first kappa shape index (κ1) is 17.2. The third-order valence-electron chi connectivity index (χ3n) is 2.43. The van der Waals surface area contributed by atoms with E-state index in [4.69, 9.17) is 4.74 Å². The standard InChI is InChI=1S/C14H20N2O4S/c1-8-6-7-21-10(8)12(18)20-9(2)11(17)15-13(19)16-14(3,4)5/h6-7,9H,1-5H3,(H2,15,16,17,19). The summed E-state index contributed by atoms with van der Waals surface area (Å²) in [6, 6.07) is 1.17. The molecule has 7 heteroatoms. The Labute approximate surface area is 127 Å². The molecule has 6 nitrogen and oxygen atoms in total. The first-order chi connectivity index (χ1) is 9.60. The van der Waals surface area contributed by atoms with Gasteiger partial charge in [-0.2, -0.15) is 0 Å². The van der Waals surface area contributed by atoms with Gasteiger partial charge in [-0.05, 0) is 51.6 Å². The summed E-state index contributed by atoms with van der Waals surface area (Å²) in [6.45, 7) is 8.58. The second-order valence-corrected chi connectivity index (χ2v) is 6.59. The normalized spacial score (nSPS) is 12.4. The molecule has 21 heavy (non-hydrogen) atoms. The molecule has 0 bridgehead atoms. The van der Waals surface area contributed by atoms with E-state index in [2.05, 4.69) is 10.6 Å². The van der Waals surface area contributed by atoms with Gasteiger partial charge in [-0.15, -0.1) is 11.3 Å². The zero-order valence-corrected chi connectivity index (χ0v) is 13.6. The van der Waals surface area contributed by atoms with Crippen LogP contribution in [0, 0.1) is 6.92 Å². The second kappa shape index (κ2) is 6.71. The summed E-state index contributed by atoms with van der Waals surface area (Å²) in [5.41, 5.74) is 0.335. The molecule has 0 radical (unpaired) electrons. The van der Waals surface area contributed by atoms with Crippen LogP contribution in [-0.4, -0.2) is 29.6 Å². The van der Waals surface area contributed by atoms with Crippen LogP contribution in [0.5, 0.6) is 0 Å². The van der Waals surface area contributed by atoms with Crippen molar-refractivity contribution in [1.82, 2.24) is 10.6 Å². The molecule has 0 aromatic carbocycles. The molecule has 1 heterocycles. The lowest BCUT2D eigenvalue weighted by molar-refractivity contribution is -0.127. The number of esters is 1. The molecule has 2 N–H and O–H groups in total. The molecule has 0 spiro atoms. The van der Waals surface area contributed by atoms with E-state index >= 15 is 0 Å². The summed E-state index contributed by atoms with van der Waals surface area (Å²) in [5, 5.41) is 6.50. The molecular formula is C14H20N2O4S. The smallest absolute Gasteiger partial charge is 0.349 e. The van der Waals surface area contributed by atoms with Gasteiger partial charge in [0.15, 0.2) is 6.10 Å². The van der Waals surface area contributed by atoms with Crippen molar-refractivity contribution in [3.63, 3.8) is 0 Å². The fourth-order valence-electron chi connectivity index (χ4n) is 1.43. The molecule has 0 aliphatic heterocycles. The number of nitrogens with one attached hydrogen (secondary N) is 2. The molecule has 1 aromatic heterocycles. The Hall–Kier alpha value is -1.89. The Morgan fingerprint density at radius 2 is 1.90 bits per heavy atom. The van der Waals surface area contributed by atoms with Crippen LogP contribution in [0.3, 0.4) is 0 Å². The van der Waals surface area contributed by atoms with Crippen LogP contribution < -0.4 is 10.6 Å². The highest BCUT2D eigenvalue weighted by Gasteiger charge is 2.23. The van der Waals surface area contributed by atoms with Gasteiger partial charge in [-0.25, -0.2) is 9.59 Å². The molecular weight excluding hydrogens is 292 g/mol. The van der Waals surface area contributed by atoms with E-state index in [0.29, 0.717) is 4.88 Å². The lowest BCUT2D eigenvalue weighted by atomic mass is 10.1. The van der Waals surface area contributed by atoms with E-state index in [1.165, 1.54) is 18.3 Å². The van der Waals surface area contributed by atoms with E-state index in [1.54, 1.807) is 39.1 Å². The number of amides is 3. The van der Waals surface area contributed by atoms with Gasteiger partial charge in [0, 0.05) is 5.54 Å². The van der Waals surface area contributed by atoms with Gasteiger partial charge in [0.05, 0.1) is 0 Å². The van der Waals surface area contributed by atoms with E-state index < -0.39 is 29.6 Å². The summed E-state index contributed by atoms with van der Waals surface area (Å²) in [5.74, 6) is -1.24. The zero-order chi connectivity index (χ0) is 16.2. The molecule has 0 saturated carbocycles. The number of imide groups is 1. The quantitative estimate of drug-likeness (QED) is 0.838. The topological polar surface area (TPSA) is 84.5 Å². The lowest BCUT2D eigenvalue weighted by Crippen LogP contribution is -2.50. The zero-order valence-electron chi connectivity index (χ0n) is 12.8. The van der Waals surface area contributed by atoms with Crippen LogP contribution in [0.2, 0.25) is 0 Å². The maximum absolute atomic E-state index is 11.9. The molecule has 1 atom stereocenters. The summed E-state index contributed by atoms with van der Waals surface area (Å²) in [7, 11) is 0. The monoisotopic (exact) mass is 312 g/mol. The fourth-order valence-corrected chi connectivity index (χ4v) is 2.24. The SMILES string of the molecule is Cc1ccsc1C(=O)OC(C)C(=O)NC(=O)NC(C)(C)C. The van der Waals surface area contributed by atoms with Crippen LogP contribution in [-0.2, 0) is 9.53 Å². The van der Waals surface area contributed by atoms with Gasteiger partial charge < -0.3 is 10.1 Å². The van der Waals surface area contributed by atoms with E-state index in [0.717, 1.165) is 5.56 Å². The molecule has 1 aromatic rings. The van der Waals surface area contributed by atoms with Gasteiger partial charge in [0.2, 0.25) is 0 Å². The molecule has 3 amide bonds. The maximum Gasteiger partial charge on any atom is 0.349 e. The van der Waals surface area contributed by atoms with Crippen molar-refractivity contribution in [2.75, 3.05) is 0 Å². The van der Waals surface area contributed by atoms with Gasteiger partial charge in [0.25, 0.3) is 5.91 Å². The van der Waals surface area contributed by atoms with Gasteiger partial charge >= 0.3 is 12.0 Å². The predicted octanol–water partition coefficient (Wildman–Crippen LogP) is 2.23. The summed E-state index contributed by atoms with van der Waals surface area (Å²) in [4.78, 5) is 35.7. The van der Waals surface area contributed by atoms with Crippen LogP contribution in [0.15, 0.2) is 11.4 Å².